The second-order valence-corrected chi connectivity index (χ2v) is 9.75. The fourth-order valence-electron chi connectivity index (χ4n) is 5.21. The molecule has 2 amide bonds. The van der Waals surface area contributed by atoms with E-state index in [9.17, 15) is 9.59 Å². The van der Waals surface area contributed by atoms with Crippen LogP contribution in [0.2, 0.25) is 0 Å². The van der Waals surface area contributed by atoms with Crippen molar-refractivity contribution in [3.63, 3.8) is 0 Å². The second kappa shape index (κ2) is 7.91. The maximum absolute atomic E-state index is 12.9. The van der Waals surface area contributed by atoms with Crippen molar-refractivity contribution in [2.45, 2.75) is 51.6 Å². The highest BCUT2D eigenvalue weighted by molar-refractivity contribution is 5.95. The van der Waals surface area contributed by atoms with Crippen LogP contribution in [0.25, 0.3) is 11.0 Å². The van der Waals surface area contributed by atoms with E-state index in [-0.39, 0.29) is 23.3 Å². The molecule has 31 heavy (non-hydrogen) atoms. The average Bonchev–Trinajstić information content (AvgIpc) is 3.16. The number of nitrogens with zero attached hydrogens (tertiary/aromatic N) is 2. The largest absolute Gasteiger partial charge is 0.449 e. The summed E-state index contributed by atoms with van der Waals surface area (Å²) < 4.78 is 5.60. The van der Waals surface area contributed by atoms with Gasteiger partial charge in [0.15, 0.2) is 11.3 Å². The lowest BCUT2D eigenvalue weighted by Crippen LogP contribution is -2.49. The summed E-state index contributed by atoms with van der Waals surface area (Å²) in [7, 11) is 0. The summed E-state index contributed by atoms with van der Waals surface area (Å²) in [5.41, 5.74) is 7.35. The molecule has 2 aromatic rings. The van der Waals surface area contributed by atoms with Crippen LogP contribution in [-0.2, 0) is 4.79 Å². The van der Waals surface area contributed by atoms with Gasteiger partial charge in [-0.1, -0.05) is 13.8 Å². The maximum Gasteiger partial charge on any atom is 0.287 e. The van der Waals surface area contributed by atoms with Gasteiger partial charge in [-0.3, -0.25) is 20.0 Å². The Morgan fingerprint density at radius 3 is 2.84 bits per heavy atom. The van der Waals surface area contributed by atoms with E-state index >= 15 is 0 Å². The van der Waals surface area contributed by atoms with Crippen LogP contribution in [0.5, 0.6) is 0 Å². The molecule has 0 radical (unpaired) electrons. The van der Waals surface area contributed by atoms with Crippen LogP contribution in [0.3, 0.4) is 0 Å². The fourth-order valence-corrected chi connectivity index (χ4v) is 5.21. The van der Waals surface area contributed by atoms with Crippen LogP contribution in [0.15, 0.2) is 28.9 Å². The number of carbonyl (C=O) groups excluding carboxylic acids is 2. The van der Waals surface area contributed by atoms with Crippen LogP contribution in [0.4, 0.5) is 0 Å². The number of aromatic nitrogens is 1. The summed E-state index contributed by atoms with van der Waals surface area (Å²) in [6, 6.07) is 3.83. The molecular weight excluding hydrogens is 394 g/mol. The molecule has 2 saturated heterocycles. The minimum absolute atomic E-state index is 0.116. The van der Waals surface area contributed by atoms with Crippen molar-refractivity contribution in [3.05, 3.63) is 30.3 Å². The number of fused-ring (bicyclic) bond motifs is 1. The van der Waals surface area contributed by atoms with Gasteiger partial charge in [-0.25, -0.2) is 5.43 Å². The first kappa shape index (κ1) is 20.5. The molecule has 8 nitrogen and oxygen atoms in total. The number of hydrogen-bond acceptors (Lipinski definition) is 6. The first-order chi connectivity index (χ1) is 14.9. The van der Waals surface area contributed by atoms with Gasteiger partial charge in [-0.2, -0.15) is 0 Å². The lowest BCUT2D eigenvalue weighted by molar-refractivity contribution is -0.134. The molecule has 2 aliphatic heterocycles. The third-order valence-corrected chi connectivity index (χ3v) is 7.52. The fraction of sp³-hybridized carbons (Fsp3) is 0.609. The molecule has 4 heterocycles. The van der Waals surface area contributed by atoms with Gasteiger partial charge in [0.2, 0.25) is 5.91 Å². The van der Waals surface area contributed by atoms with Crippen LogP contribution in [0, 0.1) is 17.3 Å². The van der Waals surface area contributed by atoms with E-state index in [1.165, 1.54) is 0 Å². The van der Waals surface area contributed by atoms with E-state index in [1.54, 1.807) is 18.5 Å². The summed E-state index contributed by atoms with van der Waals surface area (Å²) in [6.07, 6.45) is 7.32. The summed E-state index contributed by atoms with van der Waals surface area (Å²) >= 11 is 0. The Bertz CT molecular complexity index is 946. The topological polar surface area (TPSA) is 99.5 Å². The predicted octanol–water partition coefficient (Wildman–Crippen LogP) is 2.08. The average molecular weight is 426 g/mol. The van der Waals surface area contributed by atoms with Crippen molar-refractivity contribution >= 4 is 22.8 Å². The van der Waals surface area contributed by atoms with Gasteiger partial charge in [0.05, 0.1) is 6.20 Å². The number of amides is 2. The van der Waals surface area contributed by atoms with E-state index in [2.05, 4.69) is 35.0 Å². The number of hydrazine groups is 1. The molecule has 5 rings (SSSR count). The molecule has 3 fully saturated rings. The summed E-state index contributed by atoms with van der Waals surface area (Å²) in [6.45, 7) is 6.63. The quantitative estimate of drug-likeness (QED) is 0.678. The Kier molecular flexibility index (Phi) is 5.22. The Balaban J connectivity index is 1.09. The third kappa shape index (κ3) is 3.94. The Morgan fingerprint density at radius 2 is 2.13 bits per heavy atom. The Hall–Kier alpha value is -2.45. The van der Waals surface area contributed by atoms with Crippen LogP contribution < -0.4 is 16.2 Å². The number of hydrogen-bond donors (Lipinski definition) is 3. The minimum Gasteiger partial charge on any atom is -0.449 e. The van der Waals surface area contributed by atoms with E-state index in [4.69, 9.17) is 4.42 Å². The van der Waals surface area contributed by atoms with Gasteiger partial charge in [0, 0.05) is 37.3 Å². The van der Waals surface area contributed by atoms with Gasteiger partial charge in [-0.15, -0.1) is 0 Å². The SMILES string of the molecule is CC(C)C1CC(C(=O)N2CCC3(CC2)CC3CNC(=O)c2cc3ccncc3o2)NN1. The number of carbonyl (C=O) groups is 2. The van der Waals surface area contributed by atoms with Crippen LogP contribution in [0.1, 0.15) is 50.1 Å². The first-order valence-electron chi connectivity index (χ1n) is 11.4. The monoisotopic (exact) mass is 425 g/mol. The van der Waals surface area contributed by atoms with Crippen molar-refractivity contribution < 1.29 is 14.0 Å². The highest BCUT2D eigenvalue weighted by Gasteiger charge is 2.55. The summed E-state index contributed by atoms with van der Waals surface area (Å²) in [5.74, 6) is 1.36. The highest BCUT2D eigenvalue weighted by atomic mass is 16.3. The maximum atomic E-state index is 12.9. The minimum atomic E-state index is -0.176. The van der Waals surface area contributed by atoms with Crippen LogP contribution >= 0.6 is 0 Å². The molecule has 3 unspecified atom stereocenters. The number of nitrogens with one attached hydrogen (secondary N) is 3. The van der Waals surface area contributed by atoms with Crippen LogP contribution in [-0.4, -0.2) is 53.4 Å². The summed E-state index contributed by atoms with van der Waals surface area (Å²) in [4.78, 5) is 31.4. The Morgan fingerprint density at radius 1 is 1.32 bits per heavy atom. The van der Waals surface area contributed by atoms with Crippen molar-refractivity contribution in [1.29, 1.82) is 0 Å². The molecule has 3 N–H and O–H groups in total. The van der Waals surface area contributed by atoms with Crippen molar-refractivity contribution in [2.75, 3.05) is 19.6 Å². The zero-order valence-electron chi connectivity index (χ0n) is 18.2. The molecule has 1 saturated carbocycles. The zero-order valence-corrected chi connectivity index (χ0v) is 18.2. The van der Waals surface area contributed by atoms with Gasteiger partial charge in [0.1, 0.15) is 6.04 Å². The van der Waals surface area contributed by atoms with E-state index in [0.29, 0.717) is 35.8 Å². The number of furan rings is 1. The molecular formula is C23H31N5O3. The number of pyridine rings is 1. The molecule has 8 heteroatoms. The van der Waals surface area contributed by atoms with Gasteiger partial charge < -0.3 is 14.6 Å². The van der Waals surface area contributed by atoms with Crippen molar-refractivity contribution in [2.24, 2.45) is 17.3 Å². The molecule has 0 bridgehead atoms. The highest BCUT2D eigenvalue weighted by Crippen LogP contribution is 2.59. The van der Waals surface area contributed by atoms with E-state index in [0.717, 1.165) is 44.2 Å². The smallest absolute Gasteiger partial charge is 0.287 e. The molecule has 3 atom stereocenters. The van der Waals surface area contributed by atoms with E-state index < -0.39 is 0 Å². The number of piperidine rings is 1. The molecule has 1 aliphatic carbocycles. The Labute approximate surface area is 182 Å². The third-order valence-electron chi connectivity index (χ3n) is 7.52. The lowest BCUT2D eigenvalue weighted by Gasteiger charge is -2.34. The molecule has 0 aromatic carbocycles. The predicted molar refractivity (Wildman–Crippen MR) is 116 cm³/mol. The van der Waals surface area contributed by atoms with Gasteiger partial charge in [-0.05, 0) is 55.1 Å². The second-order valence-electron chi connectivity index (χ2n) is 9.75. The van der Waals surface area contributed by atoms with Gasteiger partial charge >= 0.3 is 0 Å². The van der Waals surface area contributed by atoms with Crippen molar-refractivity contribution in [1.82, 2.24) is 26.1 Å². The number of rotatable bonds is 5. The lowest BCUT2D eigenvalue weighted by atomic mass is 9.90. The van der Waals surface area contributed by atoms with E-state index in [1.807, 2.05) is 11.0 Å². The molecule has 2 aromatic heterocycles. The zero-order chi connectivity index (χ0) is 21.6. The number of likely N-dealkylation sites (tertiary alicyclic amines) is 1. The first-order valence-corrected chi connectivity index (χ1v) is 11.4. The molecule has 3 aliphatic rings. The standard InChI is InChI=1S/C23H31N5O3/c1-14(2)17-10-18(27-26-17)22(30)28-7-4-23(5-8-28)11-16(23)12-25-21(29)19-9-15-3-6-24-13-20(15)31-19/h3,6,9,13-14,16-18,26-27H,4-5,7-8,10-12H2,1-2H3,(H,25,29). The van der Waals surface area contributed by atoms with Crippen molar-refractivity contribution in [3.8, 4) is 0 Å². The van der Waals surface area contributed by atoms with Gasteiger partial charge in [0.25, 0.3) is 5.91 Å². The molecule has 166 valence electrons. The normalized spacial score (nSPS) is 27.2. The molecule has 1 spiro atoms. The summed E-state index contributed by atoms with van der Waals surface area (Å²) in [5, 5.41) is 3.92.